The van der Waals surface area contributed by atoms with Crippen molar-refractivity contribution in [3.8, 4) is 0 Å². The minimum Gasteiger partial charge on any atom is -0.335 e. The van der Waals surface area contributed by atoms with E-state index in [2.05, 4.69) is 5.10 Å². The van der Waals surface area contributed by atoms with Gasteiger partial charge in [-0.2, -0.15) is 18.3 Å². The van der Waals surface area contributed by atoms with E-state index in [0.29, 0.717) is 43.0 Å². The number of benzene rings is 1. The molecule has 1 amide bonds. The Hall–Kier alpha value is -2.42. The lowest BCUT2D eigenvalue weighted by Crippen LogP contribution is -2.48. The zero-order valence-corrected chi connectivity index (χ0v) is 14.1. The maximum absolute atomic E-state index is 13.7. The van der Waals surface area contributed by atoms with Gasteiger partial charge in [-0.25, -0.2) is 4.39 Å². The molecule has 0 aliphatic carbocycles. The van der Waals surface area contributed by atoms with E-state index in [1.165, 1.54) is 11.0 Å². The molecule has 0 atom stereocenters. The SMILES string of the molecule is Cn1nc(C(=O)N2CCN(Cc3ccccc3F)CC2)cc1C(F)(F)F. The van der Waals surface area contributed by atoms with Crippen LogP contribution in [-0.4, -0.2) is 51.7 Å². The molecule has 0 bridgehead atoms. The fraction of sp³-hybridized carbons (Fsp3) is 0.412. The predicted octanol–water partition coefficient (Wildman–Crippen LogP) is 2.54. The largest absolute Gasteiger partial charge is 0.433 e. The monoisotopic (exact) mass is 370 g/mol. The summed E-state index contributed by atoms with van der Waals surface area (Å²) in [4.78, 5) is 15.9. The van der Waals surface area contributed by atoms with Gasteiger partial charge in [-0.3, -0.25) is 14.4 Å². The molecule has 0 radical (unpaired) electrons. The first-order valence-corrected chi connectivity index (χ1v) is 8.12. The summed E-state index contributed by atoms with van der Waals surface area (Å²) in [6.07, 6.45) is -4.56. The van der Waals surface area contributed by atoms with Gasteiger partial charge in [0.15, 0.2) is 5.69 Å². The van der Waals surface area contributed by atoms with Crippen LogP contribution >= 0.6 is 0 Å². The molecule has 140 valence electrons. The molecule has 0 N–H and O–H groups in total. The van der Waals surface area contributed by atoms with Crippen molar-refractivity contribution in [1.82, 2.24) is 19.6 Å². The van der Waals surface area contributed by atoms with Gasteiger partial charge < -0.3 is 4.90 Å². The second-order valence-corrected chi connectivity index (χ2v) is 6.20. The van der Waals surface area contributed by atoms with Crippen LogP contribution in [0, 0.1) is 5.82 Å². The quantitative estimate of drug-likeness (QED) is 0.780. The number of alkyl halides is 3. The summed E-state index contributed by atoms with van der Waals surface area (Å²) in [5.74, 6) is -0.805. The summed E-state index contributed by atoms with van der Waals surface area (Å²) in [5, 5.41) is 3.69. The molecule has 26 heavy (non-hydrogen) atoms. The van der Waals surface area contributed by atoms with Gasteiger partial charge in [-0.15, -0.1) is 0 Å². The van der Waals surface area contributed by atoms with Crippen molar-refractivity contribution < 1.29 is 22.4 Å². The third kappa shape index (κ3) is 3.87. The molecule has 1 aromatic heterocycles. The Bertz CT molecular complexity index is 794. The van der Waals surface area contributed by atoms with Gasteiger partial charge in [0.2, 0.25) is 0 Å². The normalized spacial score (nSPS) is 16.1. The minimum absolute atomic E-state index is 0.220. The summed E-state index contributed by atoms with van der Waals surface area (Å²) in [6.45, 7) is 2.16. The number of hydrogen-bond donors (Lipinski definition) is 0. The number of amides is 1. The van der Waals surface area contributed by atoms with E-state index in [-0.39, 0.29) is 11.5 Å². The molecule has 1 aromatic carbocycles. The molecule has 1 saturated heterocycles. The molecule has 2 heterocycles. The lowest BCUT2D eigenvalue weighted by Gasteiger charge is -2.34. The predicted molar refractivity (Wildman–Crippen MR) is 85.8 cm³/mol. The first-order valence-electron chi connectivity index (χ1n) is 8.12. The summed E-state index contributed by atoms with van der Waals surface area (Å²) in [5.41, 5.74) is -0.603. The van der Waals surface area contributed by atoms with E-state index in [0.717, 1.165) is 13.1 Å². The second kappa shape index (κ2) is 7.06. The second-order valence-electron chi connectivity index (χ2n) is 6.20. The van der Waals surface area contributed by atoms with Crippen LogP contribution in [0.4, 0.5) is 17.6 Å². The van der Waals surface area contributed by atoms with Gasteiger partial charge in [0.05, 0.1) is 0 Å². The Morgan fingerprint density at radius 2 is 1.81 bits per heavy atom. The molecule has 1 aliphatic rings. The molecular formula is C17H18F4N4O. The number of nitrogens with zero attached hydrogens (tertiary/aromatic N) is 4. The number of aromatic nitrogens is 2. The Morgan fingerprint density at radius 1 is 1.15 bits per heavy atom. The third-order valence-corrected chi connectivity index (χ3v) is 4.40. The van der Waals surface area contributed by atoms with Gasteiger partial charge in [-0.1, -0.05) is 18.2 Å². The van der Waals surface area contributed by atoms with Crippen molar-refractivity contribution in [3.05, 3.63) is 53.1 Å². The number of aryl methyl sites for hydroxylation is 1. The zero-order valence-electron chi connectivity index (χ0n) is 14.1. The molecule has 2 aromatic rings. The zero-order chi connectivity index (χ0) is 18.9. The molecule has 0 spiro atoms. The fourth-order valence-corrected chi connectivity index (χ4v) is 2.98. The highest BCUT2D eigenvalue weighted by molar-refractivity contribution is 5.92. The smallest absolute Gasteiger partial charge is 0.335 e. The average Bonchev–Trinajstić information content (AvgIpc) is 2.99. The van der Waals surface area contributed by atoms with Crippen LogP contribution < -0.4 is 0 Å². The first-order chi connectivity index (χ1) is 12.3. The topological polar surface area (TPSA) is 41.4 Å². The van der Waals surface area contributed by atoms with Gasteiger partial charge in [0.1, 0.15) is 11.5 Å². The van der Waals surface area contributed by atoms with Crippen molar-refractivity contribution in [2.75, 3.05) is 26.2 Å². The number of carbonyl (C=O) groups excluding carboxylic acids is 1. The van der Waals surface area contributed by atoms with E-state index >= 15 is 0 Å². The molecule has 1 fully saturated rings. The van der Waals surface area contributed by atoms with Crippen LogP contribution in [0.1, 0.15) is 21.7 Å². The summed E-state index contributed by atoms with van der Waals surface area (Å²) in [6, 6.07) is 7.26. The van der Waals surface area contributed by atoms with Crippen LogP contribution in [0.2, 0.25) is 0 Å². The number of rotatable bonds is 3. The highest BCUT2D eigenvalue weighted by Crippen LogP contribution is 2.29. The van der Waals surface area contributed by atoms with Crippen molar-refractivity contribution in [2.45, 2.75) is 12.7 Å². The summed E-state index contributed by atoms with van der Waals surface area (Å²) >= 11 is 0. The van der Waals surface area contributed by atoms with Crippen molar-refractivity contribution in [1.29, 1.82) is 0 Å². The molecule has 3 rings (SSSR count). The van der Waals surface area contributed by atoms with Crippen molar-refractivity contribution >= 4 is 5.91 Å². The molecule has 5 nitrogen and oxygen atoms in total. The molecular weight excluding hydrogens is 352 g/mol. The van der Waals surface area contributed by atoms with Gasteiger partial charge in [0.25, 0.3) is 5.91 Å². The van der Waals surface area contributed by atoms with E-state index in [1.54, 1.807) is 18.2 Å². The Kier molecular flexibility index (Phi) is 4.99. The molecule has 1 aliphatic heterocycles. The van der Waals surface area contributed by atoms with Gasteiger partial charge >= 0.3 is 6.18 Å². The summed E-state index contributed by atoms with van der Waals surface area (Å²) < 4.78 is 52.9. The van der Waals surface area contributed by atoms with E-state index in [1.807, 2.05) is 4.90 Å². The number of carbonyl (C=O) groups is 1. The van der Waals surface area contributed by atoms with Crippen LogP contribution in [0.3, 0.4) is 0 Å². The average molecular weight is 370 g/mol. The number of piperazine rings is 1. The Morgan fingerprint density at radius 3 is 2.38 bits per heavy atom. The van der Waals surface area contributed by atoms with Crippen LogP contribution in [0.15, 0.2) is 30.3 Å². The molecule has 0 saturated carbocycles. The van der Waals surface area contributed by atoms with Crippen molar-refractivity contribution in [2.24, 2.45) is 7.05 Å². The van der Waals surface area contributed by atoms with E-state index < -0.39 is 17.8 Å². The fourth-order valence-electron chi connectivity index (χ4n) is 2.98. The summed E-state index contributed by atoms with van der Waals surface area (Å²) in [7, 11) is 1.16. The van der Waals surface area contributed by atoms with E-state index in [9.17, 15) is 22.4 Å². The highest BCUT2D eigenvalue weighted by Gasteiger charge is 2.36. The van der Waals surface area contributed by atoms with Crippen LogP contribution in [-0.2, 0) is 19.8 Å². The standard InChI is InChI=1S/C17H18F4N4O/c1-23-15(17(19,20)21)10-14(22-23)16(26)25-8-6-24(7-9-25)11-12-4-2-3-5-13(12)18/h2-5,10H,6-9,11H2,1H3. The van der Waals surface area contributed by atoms with Crippen LogP contribution in [0.25, 0.3) is 0 Å². The first kappa shape index (κ1) is 18.4. The minimum atomic E-state index is -4.56. The van der Waals surface area contributed by atoms with E-state index in [4.69, 9.17) is 0 Å². The van der Waals surface area contributed by atoms with Gasteiger partial charge in [-0.05, 0) is 6.07 Å². The van der Waals surface area contributed by atoms with Crippen molar-refractivity contribution in [3.63, 3.8) is 0 Å². The Labute approximate surface area is 147 Å². The van der Waals surface area contributed by atoms with Gasteiger partial charge in [0, 0.05) is 51.4 Å². The Balaban J connectivity index is 1.61. The lowest BCUT2D eigenvalue weighted by atomic mass is 10.2. The molecule has 0 unspecified atom stereocenters. The third-order valence-electron chi connectivity index (χ3n) is 4.40. The lowest BCUT2D eigenvalue weighted by molar-refractivity contribution is -0.143. The number of halogens is 4. The maximum Gasteiger partial charge on any atom is 0.433 e. The highest BCUT2D eigenvalue weighted by atomic mass is 19.4. The molecule has 9 heteroatoms. The van der Waals surface area contributed by atoms with Crippen LogP contribution in [0.5, 0.6) is 0 Å². The number of hydrogen-bond acceptors (Lipinski definition) is 3. The maximum atomic E-state index is 13.7.